The van der Waals surface area contributed by atoms with Gasteiger partial charge in [0, 0.05) is 30.7 Å². The lowest BCUT2D eigenvalue weighted by Gasteiger charge is -2.31. The third kappa shape index (κ3) is 2.52. The second-order valence-corrected chi connectivity index (χ2v) is 6.21. The van der Waals surface area contributed by atoms with Crippen LogP contribution in [0.5, 0.6) is 0 Å². The smallest absolute Gasteiger partial charge is 0.155 e. The zero-order valence-electron chi connectivity index (χ0n) is 12.8. The molecule has 3 heterocycles. The van der Waals surface area contributed by atoms with Gasteiger partial charge in [0.15, 0.2) is 5.82 Å². The molecule has 0 bridgehead atoms. The van der Waals surface area contributed by atoms with Gasteiger partial charge in [0.05, 0.1) is 0 Å². The number of aryl methyl sites for hydroxylation is 1. The number of benzene rings is 1. The normalized spacial score (nSPS) is 19.8. The molecule has 2 N–H and O–H groups in total. The first-order valence-electron chi connectivity index (χ1n) is 7.96. The summed E-state index contributed by atoms with van der Waals surface area (Å²) in [7, 11) is 0. The highest BCUT2D eigenvalue weighted by atomic mass is 15.2. The van der Waals surface area contributed by atoms with Crippen LogP contribution in [0.2, 0.25) is 0 Å². The number of hydrogen-bond donors (Lipinski definition) is 2. The maximum atomic E-state index is 4.52. The summed E-state index contributed by atoms with van der Waals surface area (Å²) in [5.74, 6) is 2.32. The maximum absolute atomic E-state index is 4.52. The molecule has 5 nitrogen and oxygen atoms in total. The lowest BCUT2D eigenvalue weighted by molar-refractivity contribution is 0.197. The number of H-pyrrole nitrogens is 2. The van der Waals surface area contributed by atoms with E-state index < -0.39 is 0 Å². The van der Waals surface area contributed by atoms with Crippen molar-refractivity contribution < 1.29 is 0 Å². The number of hydrogen-bond acceptors (Lipinski definition) is 3. The van der Waals surface area contributed by atoms with Gasteiger partial charge >= 0.3 is 0 Å². The fraction of sp³-hybridized carbons (Fsp3) is 0.412. The van der Waals surface area contributed by atoms with Crippen LogP contribution in [0, 0.1) is 6.92 Å². The van der Waals surface area contributed by atoms with E-state index >= 15 is 0 Å². The van der Waals surface area contributed by atoms with Gasteiger partial charge in [-0.2, -0.15) is 5.10 Å². The molecule has 114 valence electrons. The highest BCUT2D eigenvalue weighted by Crippen LogP contribution is 2.26. The van der Waals surface area contributed by atoms with Crippen molar-refractivity contribution in [3.05, 3.63) is 47.7 Å². The Hall–Kier alpha value is -2.14. The van der Waals surface area contributed by atoms with E-state index in [0.717, 1.165) is 31.3 Å². The molecule has 2 aromatic heterocycles. The quantitative estimate of drug-likeness (QED) is 0.781. The molecular weight excluding hydrogens is 274 g/mol. The standard InChI is InChI=1S/C17H21N5/c1-12-19-17(21-20-12)15-6-3-9-22(11-15)10-14-5-2-4-13-7-8-18-16(13)14/h2,4-5,7-8,15,18H,3,6,9-11H2,1H3,(H,19,20,21). The molecule has 4 rings (SSSR count). The van der Waals surface area contributed by atoms with Crippen LogP contribution < -0.4 is 0 Å². The summed E-state index contributed by atoms with van der Waals surface area (Å²) in [6.07, 6.45) is 4.41. The molecular formula is C17H21N5. The Kier molecular flexibility index (Phi) is 3.42. The summed E-state index contributed by atoms with van der Waals surface area (Å²) >= 11 is 0. The van der Waals surface area contributed by atoms with E-state index in [2.05, 4.69) is 49.3 Å². The molecule has 0 spiro atoms. The average molecular weight is 295 g/mol. The molecule has 1 aliphatic rings. The number of aromatic amines is 2. The highest BCUT2D eigenvalue weighted by molar-refractivity contribution is 5.82. The Labute approximate surface area is 129 Å². The van der Waals surface area contributed by atoms with Crippen molar-refractivity contribution in [2.45, 2.75) is 32.2 Å². The Morgan fingerprint density at radius 2 is 2.27 bits per heavy atom. The fourth-order valence-electron chi connectivity index (χ4n) is 3.47. The molecule has 0 saturated carbocycles. The molecule has 0 amide bonds. The Morgan fingerprint density at radius 3 is 3.14 bits per heavy atom. The molecule has 1 aromatic carbocycles. The lowest BCUT2D eigenvalue weighted by Crippen LogP contribution is -2.34. The minimum Gasteiger partial charge on any atom is -0.361 e. The monoisotopic (exact) mass is 295 g/mol. The molecule has 3 aromatic rings. The minimum absolute atomic E-state index is 0.446. The molecule has 0 radical (unpaired) electrons. The Bertz CT molecular complexity index is 772. The number of rotatable bonds is 3. The van der Waals surface area contributed by atoms with Gasteiger partial charge in [-0.05, 0) is 43.3 Å². The molecule has 22 heavy (non-hydrogen) atoms. The van der Waals surface area contributed by atoms with Crippen LogP contribution in [0.25, 0.3) is 10.9 Å². The van der Waals surface area contributed by atoms with E-state index in [1.54, 1.807) is 0 Å². The number of likely N-dealkylation sites (tertiary alicyclic amines) is 1. The summed E-state index contributed by atoms with van der Waals surface area (Å²) in [5, 5.41) is 8.61. The molecule has 1 saturated heterocycles. The van der Waals surface area contributed by atoms with Crippen LogP contribution in [0.4, 0.5) is 0 Å². The predicted octanol–water partition coefficient (Wildman–Crippen LogP) is 2.97. The van der Waals surface area contributed by atoms with Gasteiger partial charge in [0.1, 0.15) is 5.82 Å². The summed E-state index contributed by atoms with van der Waals surface area (Å²) in [6, 6.07) is 8.66. The summed E-state index contributed by atoms with van der Waals surface area (Å²) < 4.78 is 0. The fourth-order valence-corrected chi connectivity index (χ4v) is 3.47. The first-order valence-corrected chi connectivity index (χ1v) is 7.96. The van der Waals surface area contributed by atoms with Crippen LogP contribution in [0.15, 0.2) is 30.5 Å². The van der Waals surface area contributed by atoms with E-state index in [-0.39, 0.29) is 0 Å². The predicted molar refractivity (Wildman–Crippen MR) is 86.7 cm³/mol. The van der Waals surface area contributed by atoms with Crippen molar-refractivity contribution >= 4 is 10.9 Å². The second-order valence-electron chi connectivity index (χ2n) is 6.21. The SMILES string of the molecule is Cc1nc(C2CCCN(Cc3cccc4cc[nH]c34)C2)n[nH]1. The van der Waals surface area contributed by atoms with E-state index in [0.29, 0.717) is 5.92 Å². The van der Waals surface area contributed by atoms with E-state index in [4.69, 9.17) is 0 Å². The topological polar surface area (TPSA) is 60.6 Å². The number of fused-ring (bicyclic) bond motifs is 1. The number of aromatic nitrogens is 4. The molecule has 5 heteroatoms. The van der Waals surface area contributed by atoms with Crippen molar-refractivity contribution in [3.8, 4) is 0 Å². The highest BCUT2D eigenvalue weighted by Gasteiger charge is 2.24. The van der Waals surface area contributed by atoms with E-state index in [1.165, 1.54) is 29.3 Å². The number of nitrogens with zero attached hydrogens (tertiary/aromatic N) is 3. The average Bonchev–Trinajstić information content (AvgIpc) is 3.17. The molecule has 0 aliphatic carbocycles. The first kappa shape index (κ1) is 13.5. The third-order valence-electron chi connectivity index (χ3n) is 4.55. The third-order valence-corrected chi connectivity index (χ3v) is 4.55. The van der Waals surface area contributed by atoms with Crippen LogP contribution in [0.3, 0.4) is 0 Å². The zero-order valence-corrected chi connectivity index (χ0v) is 12.8. The first-order chi connectivity index (χ1) is 10.8. The van der Waals surface area contributed by atoms with Crippen LogP contribution >= 0.6 is 0 Å². The van der Waals surface area contributed by atoms with Gasteiger partial charge in [0.25, 0.3) is 0 Å². The zero-order chi connectivity index (χ0) is 14.9. The number of nitrogens with one attached hydrogen (secondary N) is 2. The number of para-hydroxylation sites is 1. The van der Waals surface area contributed by atoms with Crippen molar-refractivity contribution in [3.63, 3.8) is 0 Å². The largest absolute Gasteiger partial charge is 0.361 e. The minimum atomic E-state index is 0.446. The van der Waals surface area contributed by atoms with Gasteiger partial charge in [-0.1, -0.05) is 18.2 Å². The maximum Gasteiger partial charge on any atom is 0.155 e. The summed E-state index contributed by atoms with van der Waals surface area (Å²) in [4.78, 5) is 10.4. The van der Waals surface area contributed by atoms with Crippen molar-refractivity contribution in [2.75, 3.05) is 13.1 Å². The molecule has 1 unspecified atom stereocenters. The molecule has 1 aliphatic heterocycles. The summed E-state index contributed by atoms with van der Waals surface area (Å²) in [5.41, 5.74) is 2.63. The second kappa shape index (κ2) is 5.57. The van der Waals surface area contributed by atoms with Crippen LogP contribution in [-0.4, -0.2) is 38.2 Å². The van der Waals surface area contributed by atoms with Crippen LogP contribution in [-0.2, 0) is 6.54 Å². The lowest BCUT2D eigenvalue weighted by atomic mass is 9.97. The van der Waals surface area contributed by atoms with Crippen LogP contribution in [0.1, 0.15) is 36.0 Å². The van der Waals surface area contributed by atoms with Gasteiger partial charge < -0.3 is 4.98 Å². The van der Waals surface area contributed by atoms with Crippen molar-refractivity contribution in [1.29, 1.82) is 0 Å². The Morgan fingerprint density at radius 1 is 1.32 bits per heavy atom. The summed E-state index contributed by atoms with van der Waals surface area (Å²) in [6.45, 7) is 5.13. The molecule has 1 fully saturated rings. The van der Waals surface area contributed by atoms with Gasteiger partial charge in [-0.15, -0.1) is 0 Å². The van der Waals surface area contributed by atoms with Gasteiger partial charge in [-0.3, -0.25) is 10.00 Å². The Balaban J connectivity index is 1.52. The number of piperidine rings is 1. The van der Waals surface area contributed by atoms with E-state index in [1.807, 2.05) is 13.1 Å². The van der Waals surface area contributed by atoms with E-state index in [9.17, 15) is 0 Å². The van der Waals surface area contributed by atoms with Gasteiger partial charge in [-0.25, -0.2) is 4.98 Å². The molecule has 1 atom stereocenters. The van der Waals surface area contributed by atoms with Crippen molar-refractivity contribution in [1.82, 2.24) is 25.1 Å². The van der Waals surface area contributed by atoms with Gasteiger partial charge in [0.2, 0.25) is 0 Å². The van der Waals surface area contributed by atoms with Crippen molar-refractivity contribution in [2.24, 2.45) is 0 Å².